The van der Waals surface area contributed by atoms with E-state index in [-0.39, 0.29) is 11.9 Å². The first-order valence-corrected chi connectivity index (χ1v) is 7.44. The number of rotatable bonds is 5. The molecule has 1 aromatic heterocycles. The van der Waals surface area contributed by atoms with Crippen LogP contribution >= 0.6 is 0 Å². The van der Waals surface area contributed by atoms with Gasteiger partial charge in [-0.1, -0.05) is 18.2 Å². The molecule has 22 heavy (non-hydrogen) atoms. The summed E-state index contributed by atoms with van der Waals surface area (Å²) in [6.45, 7) is 1.98. The first-order valence-electron chi connectivity index (χ1n) is 7.44. The van der Waals surface area contributed by atoms with E-state index in [4.69, 9.17) is 4.74 Å². The number of halogens is 1. The van der Waals surface area contributed by atoms with Crippen LogP contribution in [0.4, 0.5) is 4.39 Å². The van der Waals surface area contributed by atoms with Crippen LogP contribution in [0.5, 0.6) is 5.75 Å². The number of nitrogens with zero attached hydrogens (tertiary/aromatic N) is 2. The number of β-amino-alcohol motifs (C(OH)–C–C–N with tert-alkyl or cyclic N) is 1. The molecule has 1 aromatic carbocycles. The van der Waals surface area contributed by atoms with Crippen molar-refractivity contribution in [3.05, 3.63) is 60.2 Å². The maximum atomic E-state index is 13.7. The van der Waals surface area contributed by atoms with E-state index in [9.17, 15) is 9.50 Å². The van der Waals surface area contributed by atoms with Crippen molar-refractivity contribution in [1.82, 2.24) is 9.88 Å². The van der Waals surface area contributed by atoms with Gasteiger partial charge in [-0.3, -0.25) is 9.88 Å². The number of benzene rings is 1. The largest absolute Gasteiger partial charge is 0.489 e. The van der Waals surface area contributed by atoms with Crippen LogP contribution in [0.2, 0.25) is 0 Å². The van der Waals surface area contributed by atoms with E-state index in [0.717, 1.165) is 25.3 Å². The fraction of sp³-hybridized carbons (Fsp3) is 0.353. The monoisotopic (exact) mass is 302 g/mol. The fourth-order valence-electron chi connectivity index (χ4n) is 2.76. The summed E-state index contributed by atoms with van der Waals surface area (Å²) in [6, 6.07) is 10.0. The highest BCUT2D eigenvalue weighted by atomic mass is 19.1. The summed E-state index contributed by atoms with van der Waals surface area (Å²) in [5.41, 5.74) is 0.348. The average Bonchev–Trinajstić information content (AvgIpc) is 2.95. The highest BCUT2D eigenvalue weighted by Gasteiger charge is 2.26. The Morgan fingerprint density at radius 2 is 2.05 bits per heavy atom. The van der Waals surface area contributed by atoms with E-state index in [0.29, 0.717) is 12.1 Å². The average molecular weight is 302 g/mol. The normalized spacial score (nSPS) is 20.0. The molecule has 2 aromatic rings. The number of pyridine rings is 1. The van der Waals surface area contributed by atoms with Gasteiger partial charge in [0, 0.05) is 37.6 Å². The standard InChI is InChI=1S/C17H19FN2O2/c18-16-4-2-1-3-15(16)17(21)12-20-10-7-14(11-20)22-13-5-8-19-9-6-13/h1-6,8-9,14,17,21H,7,10-12H2. The smallest absolute Gasteiger partial charge is 0.129 e. The zero-order valence-electron chi connectivity index (χ0n) is 12.2. The minimum absolute atomic E-state index is 0.0928. The van der Waals surface area contributed by atoms with Gasteiger partial charge in [-0.2, -0.15) is 0 Å². The zero-order chi connectivity index (χ0) is 15.4. The summed E-state index contributed by atoms with van der Waals surface area (Å²) in [6.07, 6.45) is 3.57. The van der Waals surface area contributed by atoms with Crippen molar-refractivity contribution in [2.75, 3.05) is 19.6 Å². The Kier molecular flexibility index (Phi) is 4.65. The maximum Gasteiger partial charge on any atom is 0.129 e. The summed E-state index contributed by atoms with van der Waals surface area (Å²) >= 11 is 0. The number of hydrogen-bond donors (Lipinski definition) is 1. The molecule has 0 amide bonds. The third kappa shape index (κ3) is 3.61. The van der Waals surface area contributed by atoms with Crippen LogP contribution in [0, 0.1) is 5.82 Å². The molecule has 1 aliphatic heterocycles. The number of aliphatic hydroxyl groups excluding tert-OH is 1. The van der Waals surface area contributed by atoms with Gasteiger partial charge in [0.1, 0.15) is 17.7 Å². The lowest BCUT2D eigenvalue weighted by Gasteiger charge is -2.20. The Morgan fingerprint density at radius 3 is 2.82 bits per heavy atom. The van der Waals surface area contributed by atoms with Gasteiger partial charge in [-0.05, 0) is 24.6 Å². The lowest BCUT2D eigenvalue weighted by molar-refractivity contribution is 0.114. The van der Waals surface area contributed by atoms with Gasteiger partial charge >= 0.3 is 0 Å². The number of aromatic nitrogens is 1. The van der Waals surface area contributed by atoms with Gasteiger partial charge in [0.15, 0.2) is 0 Å². The molecular formula is C17H19FN2O2. The lowest BCUT2D eigenvalue weighted by Crippen LogP contribution is -2.29. The molecule has 3 rings (SSSR count). The molecule has 2 unspecified atom stereocenters. The third-order valence-electron chi connectivity index (χ3n) is 3.88. The molecule has 2 atom stereocenters. The maximum absolute atomic E-state index is 13.7. The van der Waals surface area contributed by atoms with Crippen molar-refractivity contribution in [2.45, 2.75) is 18.6 Å². The Hall–Kier alpha value is -1.98. The summed E-state index contributed by atoms with van der Waals surface area (Å²) < 4.78 is 19.5. The fourth-order valence-corrected chi connectivity index (χ4v) is 2.76. The van der Waals surface area contributed by atoms with Crippen molar-refractivity contribution in [1.29, 1.82) is 0 Å². The molecule has 0 saturated carbocycles. The molecule has 4 nitrogen and oxygen atoms in total. The van der Waals surface area contributed by atoms with E-state index in [1.54, 1.807) is 30.6 Å². The van der Waals surface area contributed by atoms with Crippen molar-refractivity contribution in [3.63, 3.8) is 0 Å². The molecule has 0 bridgehead atoms. The van der Waals surface area contributed by atoms with E-state index < -0.39 is 6.10 Å². The predicted molar refractivity (Wildman–Crippen MR) is 81.1 cm³/mol. The highest BCUT2D eigenvalue weighted by molar-refractivity contribution is 5.20. The number of aliphatic hydroxyl groups is 1. The number of hydrogen-bond acceptors (Lipinski definition) is 4. The van der Waals surface area contributed by atoms with Crippen LogP contribution in [-0.2, 0) is 0 Å². The summed E-state index contributed by atoms with van der Waals surface area (Å²) in [5.74, 6) is 0.440. The van der Waals surface area contributed by atoms with E-state index >= 15 is 0 Å². The second kappa shape index (κ2) is 6.85. The van der Waals surface area contributed by atoms with Crippen molar-refractivity contribution < 1.29 is 14.2 Å². The first-order chi connectivity index (χ1) is 10.7. The molecule has 0 spiro atoms. The Labute approximate surface area is 129 Å². The van der Waals surface area contributed by atoms with Gasteiger partial charge in [0.25, 0.3) is 0 Å². The molecule has 1 saturated heterocycles. The molecule has 0 aliphatic carbocycles. The Balaban J connectivity index is 1.54. The van der Waals surface area contributed by atoms with Gasteiger partial charge in [0.05, 0.1) is 6.10 Å². The van der Waals surface area contributed by atoms with Crippen LogP contribution in [0.15, 0.2) is 48.8 Å². The molecule has 1 fully saturated rings. The highest BCUT2D eigenvalue weighted by Crippen LogP contribution is 2.22. The van der Waals surface area contributed by atoms with Crippen LogP contribution < -0.4 is 4.74 Å². The number of ether oxygens (including phenoxy) is 1. The SMILES string of the molecule is OC(CN1CCC(Oc2ccncc2)C1)c1ccccc1F. The van der Waals surface area contributed by atoms with Crippen LogP contribution in [0.25, 0.3) is 0 Å². The van der Waals surface area contributed by atoms with Crippen molar-refractivity contribution in [3.8, 4) is 5.75 Å². The van der Waals surface area contributed by atoms with Crippen molar-refractivity contribution >= 4 is 0 Å². The van der Waals surface area contributed by atoms with Gasteiger partial charge in [-0.25, -0.2) is 4.39 Å². The quantitative estimate of drug-likeness (QED) is 0.921. The molecule has 1 aliphatic rings. The topological polar surface area (TPSA) is 45.6 Å². The molecule has 116 valence electrons. The first kappa shape index (κ1) is 14.9. The summed E-state index contributed by atoms with van der Waals surface area (Å²) in [5, 5.41) is 10.2. The predicted octanol–water partition coefficient (Wildman–Crippen LogP) is 2.41. The molecular weight excluding hydrogens is 283 g/mol. The van der Waals surface area contributed by atoms with E-state index in [1.165, 1.54) is 6.07 Å². The van der Waals surface area contributed by atoms with E-state index in [1.807, 2.05) is 12.1 Å². The van der Waals surface area contributed by atoms with Gasteiger partial charge < -0.3 is 9.84 Å². The molecule has 0 radical (unpaired) electrons. The Bertz CT molecular complexity index is 609. The minimum atomic E-state index is -0.819. The van der Waals surface area contributed by atoms with Crippen LogP contribution in [-0.4, -0.2) is 40.7 Å². The molecule has 2 heterocycles. The van der Waals surface area contributed by atoms with Gasteiger partial charge in [-0.15, -0.1) is 0 Å². The number of likely N-dealkylation sites (tertiary alicyclic amines) is 1. The minimum Gasteiger partial charge on any atom is -0.489 e. The lowest BCUT2D eigenvalue weighted by atomic mass is 10.1. The second-order valence-electron chi connectivity index (χ2n) is 5.51. The van der Waals surface area contributed by atoms with E-state index in [2.05, 4.69) is 9.88 Å². The summed E-state index contributed by atoms with van der Waals surface area (Å²) in [7, 11) is 0. The molecule has 5 heteroatoms. The molecule has 1 N–H and O–H groups in total. The second-order valence-corrected chi connectivity index (χ2v) is 5.51. The summed E-state index contributed by atoms with van der Waals surface area (Å²) in [4.78, 5) is 6.06. The third-order valence-corrected chi connectivity index (χ3v) is 3.88. The van der Waals surface area contributed by atoms with Crippen LogP contribution in [0.3, 0.4) is 0 Å². The van der Waals surface area contributed by atoms with Crippen LogP contribution in [0.1, 0.15) is 18.1 Å². The zero-order valence-corrected chi connectivity index (χ0v) is 12.2. The van der Waals surface area contributed by atoms with Gasteiger partial charge in [0.2, 0.25) is 0 Å². The Morgan fingerprint density at radius 1 is 1.27 bits per heavy atom. The van der Waals surface area contributed by atoms with Crippen molar-refractivity contribution in [2.24, 2.45) is 0 Å².